The van der Waals surface area contributed by atoms with E-state index in [1.807, 2.05) is 0 Å². The van der Waals surface area contributed by atoms with Gasteiger partial charge in [-0.3, -0.25) is 4.39 Å². The first-order valence-electron chi connectivity index (χ1n) is 2.46. The van der Waals surface area contributed by atoms with Gasteiger partial charge in [0.2, 0.25) is 0 Å². The maximum Gasteiger partial charge on any atom is 0.0683 e. The zero-order valence-electron chi connectivity index (χ0n) is 5.17. The summed E-state index contributed by atoms with van der Waals surface area (Å²) >= 11 is 0. The number of halogens is 1. The predicted octanol–water partition coefficient (Wildman–Crippen LogP) is 1.44. The van der Waals surface area contributed by atoms with Crippen molar-refractivity contribution in [3.8, 4) is 0 Å². The van der Waals surface area contributed by atoms with Crippen molar-refractivity contribution in [1.82, 2.24) is 0 Å². The van der Waals surface area contributed by atoms with Crippen molar-refractivity contribution in [2.75, 3.05) is 0 Å². The zero-order valence-corrected chi connectivity index (χ0v) is 8.01. The Morgan fingerprint density at radius 1 is 1.60 bits per heavy atom. The van der Waals surface area contributed by atoms with Gasteiger partial charge in [0, 0.05) is 38.5 Å². The fraction of sp³-hybridized carbons (Fsp3) is 0. The summed E-state index contributed by atoms with van der Waals surface area (Å²) in [4.78, 5) is 9.96. The summed E-state index contributed by atoms with van der Waals surface area (Å²) in [5, 5.41) is 0. The maximum absolute atomic E-state index is 12.3. The van der Waals surface area contributed by atoms with Crippen molar-refractivity contribution in [2.45, 2.75) is 0 Å². The molecule has 0 aliphatic heterocycles. The summed E-state index contributed by atoms with van der Waals surface area (Å²) in [5.74, 6) is -0.521. The summed E-state index contributed by atoms with van der Waals surface area (Å²) in [5.41, 5.74) is -0.0162. The Morgan fingerprint density at radius 3 is 2.70 bits per heavy atom. The minimum absolute atomic E-state index is 0. The van der Waals surface area contributed by atoms with Crippen molar-refractivity contribution in [3.63, 3.8) is 0 Å². The van der Waals surface area contributed by atoms with E-state index in [2.05, 4.69) is 6.07 Å². The first kappa shape index (κ1) is 9.92. The van der Waals surface area contributed by atoms with Gasteiger partial charge in [-0.15, -0.1) is 24.3 Å². The van der Waals surface area contributed by atoms with Gasteiger partial charge >= 0.3 is 0 Å². The van der Waals surface area contributed by atoms with Crippen LogP contribution in [0.3, 0.4) is 0 Å². The van der Waals surface area contributed by atoms with Crippen molar-refractivity contribution in [2.24, 2.45) is 0 Å². The van der Waals surface area contributed by atoms with Crippen LogP contribution in [0, 0.1) is 11.9 Å². The van der Waals surface area contributed by atoms with E-state index in [1.54, 1.807) is 0 Å². The topological polar surface area (TPSA) is 17.1 Å². The van der Waals surface area contributed by atoms with E-state index in [9.17, 15) is 9.18 Å². The van der Waals surface area contributed by atoms with Crippen molar-refractivity contribution < 1.29 is 41.9 Å². The van der Waals surface area contributed by atoms with E-state index in [0.29, 0.717) is 6.29 Å². The van der Waals surface area contributed by atoms with Crippen LogP contribution in [0.5, 0.6) is 0 Å². The third kappa shape index (κ3) is 2.27. The molecule has 0 aliphatic carbocycles. The second-order valence-electron chi connectivity index (χ2n) is 1.55. The molecule has 1 radical (unpaired) electrons. The molecule has 1 aromatic carbocycles. The number of hydrogen-bond acceptors (Lipinski definition) is 1. The van der Waals surface area contributed by atoms with E-state index in [4.69, 9.17) is 0 Å². The average Bonchev–Trinajstić information content (AvgIpc) is 1.89. The maximum atomic E-state index is 12.3. The molecule has 0 aromatic heterocycles. The standard InChI is InChI=1S/C7H4FO.Y/c8-7-4-2-1-3-6(7)5-9;/h1-2,4-5H;/q-1;. The van der Waals surface area contributed by atoms with Crippen molar-refractivity contribution in [3.05, 3.63) is 35.6 Å². The first-order chi connectivity index (χ1) is 4.34. The van der Waals surface area contributed by atoms with Gasteiger partial charge in [-0.25, -0.2) is 0 Å². The minimum Gasteiger partial charge on any atom is -0.355 e. The van der Waals surface area contributed by atoms with Crippen LogP contribution in [0.1, 0.15) is 10.4 Å². The van der Waals surface area contributed by atoms with E-state index in [-0.39, 0.29) is 38.3 Å². The third-order valence-electron chi connectivity index (χ3n) is 0.953. The Morgan fingerprint density at radius 2 is 2.30 bits per heavy atom. The van der Waals surface area contributed by atoms with Crippen LogP contribution >= 0.6 is 0 Å². The normalized spacial score (nSPS) is 8.10. The zero-order chi connectivity index (χ0) is 6.69. The van der Waals surface area contributed by atoms with Gasteiger partial charge < -0.3 is 4.79 Å². The van der Waals surface area contributed by atoms with Crippen LogP contribution in [-0.4, -0.2) is 6.29 Å². The van der Waals surface area contributed by atoms with Crippen LogP contribution in [0.4, 0.5) is 4.39 Å². The molecule has 3 heteroatoms. The molecule has 49 valence electrons. The molecule has 0 fully saturated rings. The Bertz CT molecular complexity index is 225. The second kappa shape index (κ2) is 4.70. The van der Waals surface area contributed by atoms with E-state index < -0.39 is 5.82 Å². The molecule has 0 spiro atoms. The Balaban J connectivity index is 0.000000810. The van der Waals surface area contributed by atoms with E-state index in [0.717, 1.165) is 0 Å². The molecule has 0 bridgehead atoms. The molecular weight excluding hydrogens is 208 g/mol. The van der Waals surface area contributed by atoms with Gasteiger partial charge in [0.05, 0.1) is 6.29 Å². The quantitative estimate of drug-likeness (QED) is 0.508. The molecule has 10 heavy (non-hydrogen) atoms. The summed E-state index contributed by atoms with van der Waals surface area (Å²) in [6, 6.07) is 6.65. The molecule has 0 saturated heterocycles. The Labute approximate surface area is 83.5 Å². The van der Waals surface area contributed by atoms with Gasteiger partial charge in [-0.1, -0.05) is 5.56 Å². The molecule has 1 rings (SSSR count). The number of benzene rings is 1. The summed E-state index contributed by atoms with van der Waals surface area (Å²) in [6.07, 6.45) is 0.440. The molecule has 1 nitrogen and oxygen atoms in total. The third-order valence-corrected chi connectivity index (χ3v) is 0.953. The van der Waals surface area contributed by atoms with E-state index in [1.165, 1.54) is 18.2 Å². The van der Waals surface area contributed by atoms with Crippen molar-refractivity contribution >= 4 is 6.29 Å². The van der Waals surface area contributed by atoms with Gasteiger partial charge in [-0.2, -0.15) is 0 Å². The SMILES string of the molecule is O=Cc1[c-]cccc1F.[Y]. The number of hydrogen-bond donors (Lipinski definition) is 0. The van der Waals surface area contributed by atoms with Crippen molar-refractivity contribution in [1.29, 1.82) is 0 Å². The summed E-state index contributed by atoms with van der Waals surface area (Å²) < 4.78 is 12.3. The van der Waals surface area contributed by atoms with Crippen LogP contribution in [0.15, 0.2) is 18.2 Å². The molecule has 0 N–H and O–H groups in total. The number of aldehydes is 1. The number of carbonyl (C=O) groups is 1. The molecule has 0 amide bonds. The monoisotopic (exact) mass is 212 g/mol. The second-order valence-corrected chi connectivity index (χ2v) is 1.55. The van der Waals surface area contributed by atoms with Gasteiger partial charge in [0.15, 0.2) is 0 Å². The number of carbonyl (C=O) groups excluding carboxylic acids is 1. The molecule has 0 unspecified atom stereocenters. The molecule has 0 atom stereocenters. The molecule has 0 heterocycles. The predicted molar refractivity (Wildman–Crippen MR) is 30.6 cm³/mol. The fourth-order valence-corrected chi connectivity index (χ4v) is 0.520. The summed E-state index contributed by atoms with van der Waals surface area (Å²) in [7, 11) is 0. The molecular formula is C7H4FOY-. The van der Waals surface area contributed by atoms with Crippen LogP contribution < -0.4 is 0 Å². The Kier molecular flexibility index (Phi) is 4.66. The molecule has 1 aromatic rings. The summed E-state index contributed by atoms with van der Waals surface area (Å²) in [6.45, 7) is 0. The smallest absolute Gasteiger partial charge is 0.0683 e. The molecule has 0 aliphatic rings. The Hall–Kier alpha value is -0.0761. The van der Waals surface area contributed by atoms with Crippen LogP contribution in [0.25, 0.3) is 0 Å². The van der Waals surface area contributed by atoms with Gasteiger partial charge in [-0.05, 0) is 0 Å². The minimum atomic E-state index is -0.521. The van der Waals surface area contributed by atoms with Crippen LogP contribution in [0.2, 0.25) is 0 Å². The largest absolute Gasteiger partial charge is 0.355 e. The number of rotatable bonds is 1. The van der Waals surface area contributed by atoms with Crippen LogP contribution in [-0.2, 0) is 32.7 Å². The molecule has 0 saturated carbocycles. The van der Waals surface area contributed by atoms with Gasteiger partial charge in [0.1, 0.15) is 0 Å². The van der Waals surface area contributed by atoms with Gasteiger partial charge in [0.25, 0.3) is 0 Å². The first-order valence-corrected chi connectivity index (χ1v) is 2.46. The fourth-order valence-electron chi connectivity index (χ4n) is 0.520. The van der Waals surface area contributed by atoms with E-state index >= 15 is 0 Å². The average molecular weight is 212 g/mol.